The molecule has 3 unspecified atom stereocenters. The first kappa shape index (κ1) is 12.7. The van der Waals surface area contributed by atoms with E-state index in [1.165, 1.54) is 30.1 Å². The van der Waals surface area contributed by atoms with E-state index in [4.69, 9.17) is 0 Å². The van der Waals surface area contributed by atoms with Gasteiger partial charge in [-0.1, -0.05) is 13.8 Å². The van der Waals surface area contributed by atoms with Crippen molar-refractivity contribution in [3.63, 3.8) is 0 Å². The first-order valence-corrected chi connectivity index (χ1v) is 7.88. The molecule has 1 heterocycles. The van der Waals surface area contributed by atoms with Gasteiger partial charge in [-0.3, -0.25) is 0 Å². The highest BCUT2D eigenvalue weighted by Crippen LogP contribution is 2.26. The van der Waals surface area contributed by atoms with Crippen LogP contribution in [0.25, 0.3) is 0 Å². The maximum absolute atomic E-state index is 3.73. The van der Waals surface area contributed by atoms with Gasteiger partial charge in [-0.15, -0.1) is 0 Å². The van der Waals surface area contributed by atoms with E-state index in [2.05, 4.69) is 37.8 Å². The number of nitrogens with one attached hydrogen (secondary N) is 1. The van der Waals surface area contributed by atoms with E-state index in [9.17, 15) is 0 Å². The molecule has 0 radical (unpaired) electrons. The Bertz CT molecular complexity index is 152. The van der Waals surface area contributed by atoms with Crippen LogP contribution in [0, 0.1) is 0 Å². The molecule has 1 fully saturated rings. The van der Waals surface area contributed by atoms with Crippen molar-refractivity contribution >= 4 is 23.5 Å². The maximum Gasteiger partial charge on any atom is 0.0171 e. The van der Waals surface area contributed by atoms with Crippen molar-refractivity contribution in [2.75, 3.05) is 17.3 Å². The molecule has 3 heteroatoms. The van der Waals surface area contributed by atoms with E-state index >= 15 is 0 Å². The molecular formula is C11H23NS2. The van der Waals surface area contributed by atoms with E-state index in [1.807, 2.05) is 11.8 Å². The molecule has 0 saturated carbocycles. The summed E-state index contributed by atoms with van der Waals surface area (Å²) < 4.78 is 0. The average molecular weight is 233 g/mol. The van der Waals surface area contributed by atoms with Crippen LogP contribution in [0.2, 0.25) is 0 Å². The van der Waals surface area contributed by atoms with E-state index in [-0.39, 0.29) is 0 Å². The van der Waals surface area contributed by atoms with Gasteiger partial charge in [-0.2, -0.15) is 23.5 Å². The van der Waals surface area contributed by atoms with Gasteiger partial charge in [-0.05, 0) is 31.3 Å². The molecule has 1 N–H and O–H groups in total. The predicted molar refractivity (Wildman–Crippen MR) is 70.5 cm³/mol. The van der Waals surface area contributed by atoms with Crippen molar-refractivity contribution in [3.05, 3.63) is 0 Å². The first-order valence-electron chi connectivity index (χ1n) is 5.67. The van der Waals surface area contributed by atoms with Gasteiger partial charge < -0.3 is 5.32 Å². The van der Waals surface area contributed by atoms with Gasteiger partial charge in [0.05, 0.1) is 0 Å². The Morgan fingerprint density at radius 3 is 2.93 bits per heavy atom. The minimum atomic E-state index is 0.699. The summed E-state index contributed by atoms with van der Waals surface area (Å²) in [5.41, 5.74) is 0. The Labute approximate surface area is 97.2 Å². The largest absolute Gasteiger partial charge is 0.311 e. The minimum Gasteiger partial charge on any atom is -0.311 e. The van der Waals surface area contributed by atoms with Crippen molar-refractivity contribution in [3.8, 4) is 0 Å². The molecule has 3 atom stereocenters. The van der Waals surface area contributed by atoms with Crippen LogP contribution >= 0.6 is 23.5 Å². The third-order valence-corrected chi connectivity index (χ3v) is 4.91. The zero-order chi connectivity index (χ0) is 10.4. The summed E-state index contributed by atoms with van der Waals surface area (Å²) in [6.07, 6.45) is 2.67. The van der Waals surface area contributed by atoms with Gasteiger partial charge in [0, 0.05) is 23.1 Å². The zero-order valence-electron chi connectivity index (χ0n) is 9.58. The average Bonchev–Trinajstić information content (AvgIpc) is 2.52. The normalized spacial score (nSPS) is 29.4. The highest BCUT2D eigenvalue weighted by Gasteiger charge is 2.22. The van der Waals surface area contributed by atoms with Crippen LogP contribution in [0.4, 0.5) is 0 Å². The number of thioether (sulfide) groups is 2. The van der Waals surface area contributed by atoms with Gasteiger partial charge >= 0.3 is 0 Å². The Kier molecular flexibility index (Phi) is 6.38. The number of rotatable bonds is 6. The molecule has 1 aliphatic heterocycles. The fraction of sp³-hybridized carbons (Fsp3) is 1.00. The summed E-state index contributed by atoms with van der Waals surface area (Å²) in [6, 6.07) is 1.47. The summed E-state index contributed by atoms with van der Waals surface area (Å²) in [6.45, 7) is 6.89. The molecule has 1 aliphatic rings. The SMILES string of the molecule is CCSCCC(C)NC1CSC(C)C1. The molecule has 0 aliphatic carbocycles. The topological polar surface area (TPSA) is 12.0 Å². The second-order valence-electron chi connectivity index (χ2n) is 4.13. The van der Waals surface area contributed by atoms with Crippen molar-refractivity contribution in [1.82, 2.24) is 5.32 Å². The third-order valence-electron chi connectivity index (χ3n) is 2.62. The lowest BCUT2D eigenvalue weighted by molar-refractivity contribution is 0.455. The van der Waals surface area contributed by atoms with E-state index in [1.54, 1.807) is 0 Å². The molecule has 14 heavy (non-hydrogen) atoms. The number of hydrogen-bond acceptors (Lipinski definition) is 3. The smallest absolute Gasteiger partial charge is 0.0171 e. The summed E-state index contributed by atoms with van der Waals surface area (Å²) in [5.74, 6) is 3.87. The van der Waals surface area contributed by atoms with Crippen LogP contribution in [0.5, 0.6) is 0 Å². The van der Waals surface area contributed by atoms with Crippen LogP contribution in [0.15, 0.2) is 0 Å². The lowest BCUT2D eigenvalue weighted by Crippen LogP contribution is -2.37. The zero-order valence-corrected chi connectivity index (χ0v) is 11.2. The lowest BCUT2D eigenvalue weighted by atomic mass is 10.1. The van der Waals surface area contributed by atoms with Gasteiger partial charge in [0.25, 0.3) is 0 Å². The highest BCUT2D eigenvalue weighted by atomic mass is 32.2. The molecule has 0 spiro atoms. The second kappa shape index (κ2) is 7.02. The van der Waals surface area contributed by atoms with Crippen LogP contribution in [0.3, 0.4) is 0 Å². The Hall–Kier alpha value is 0.660. The summed E-state index contributed by atoms with van der Waals surface area (Å²) in [7, 11) is 0. The van der Waals surface area contributed by atoms with Gasteiger partial charge in [0.1, 0.15) is 0 Å². The van der Waals surface area contributed by atoms with Crippen molar-refractivity contribution < 1.29 is 0 Å². The fourth-order valence-electron chi connectivity index (χ4n) is 1.82. The molecule has 0 aromatic heterocycles. The van der Waals surface area contributed by atoms with Crippen LogP contribution < -0.4 is 5.32 Å². The predicted octanol–water partition coefficient (Wildman–Crippen LogP) is 3.00. The lowest BCUT2D eigenvalue weighted by Gasteiger charge is -2.18. The van der Waals surface area contributed by atoms with Crippen molar-refractivity contribution in [2.45, 2.75) is 50.9 Å². The van der Waals surface area contributed by atoms with Gasteiger partial charge in [0.15, 0.2) is 0 Å². The van der Waals surface area contributed by atoms with Crippen LogP contribution in [0.1, 0.15) is 33.6 Å². The van der Waals surface area contributed by atoms with Gasteiger partial charge in [-0.25, -0.2) is 0 Å². The van der Waals surface area contributed by atoms with E-state index in [0.29, 0.717) is 6.04 Å². The van der Waals surface area contributed by atoms with Crippen LogP contribution in [-0.2, 0) is 0 Å². The van der Waals surface area contributed by atoms with Gasteiger partial charge in [0.2, 0.25) is 0 Å². The fourth-order valence-corrected chi connectivity index (χ4v) is 3.79. The standard InChI is InChI=1S/C11H23NS2/c1-4-13-6-5-9(2)12-11-7-10(3)14-8-11/h9-12H,4-8H2,1-3H3. The minimum absolute atomic E-state index is 0.699. The molecule has 84 valence electrons. The van der Waals surface area contributed by atoms with E-state index < -0.39 is 0 Å². The van der Waals surface area contributed by atoms with Crippen LogP contribution in [-0.4, -0.2) is 34.6 Å². The summed E-state index contributed by atoms with van der Waals surface area (Å²) in [5, 5.41) is 4.60. The Morgan fingerprint density at radius 2 is 2.36 bits per heavy atom. The molecule has 1 saturated heterocycles. The Morgan fingerprint density at radius 1 is 1.57 bits per heavy atom. The Balaban J connectivity index is 2.05. The monoisotopic (exact) mass is 233 g/mol. The molecule has 0 aromatic rings. The highest BCUT2D eigenvalue weighted by molar-refractivity contribution is 8.00. The first-order chi connectivity index (χ1) is 6.72. The summed E-state index contributed by atoms with van der Waals surface area (Å²) in [4.78, 5) is 0. The third kappa shape index (κ3) is 4.94. The molecule has 0 amide bonds. The summed E-state index contributed by atoms with van der Waals surface area (Å²) >= 11 is 4.16. The van der Waals surface area contributed by atoms with Crippen molar-refractivity contribution in [1.29, 1.82) is 0 Å². The second-order valence-corrected chi connectivity index (χ2v) is 7.00. The molecule has 0 aromatic carbocycles. The molecule has 1 rings (SSSR count). The quantitative estimate of drug-likeness (QED) is 0.708. The van der Waals surface area contributed by atoms with Crippen molar-refractivity contribution in [2.24, 2.45) is 0 Å². The van der Waals surface area contributed by atoms with E-state index in [0.717, 1.165) is 11.3 Å². The number of hydrogen-bond donors (Lipinski definition) is 1. The molecule has 1 nitrogen and oxygen atoms in total. The molecular weight excluding hydrogens is 210 g/mol. The maximum atomic E-state index is 3.73. The molecule has 0 bridgehead atoms.